The van der Waals surface area contributed by atoms with Crippen LogP contribution in [0.3, 0.4) is 0 Å². The summed E-state index contributed by atoms with van der Waals surface area (Å²) in [7, 11) is 0. The molecule has 0 saturated heterocycles. The van der Waals surface area contributed by atoms with Gasteiger partial charge in [-0.1, -0.05) is 17.7 Å². The highest BCUT2D eigenvalue weighted by Crippen LogP contribution is 2.29. The number of aromatic nitrogens is 2. The summed E-state index contributed by atoms with van der Waals surface area (Å²) in [6.45, 7) is 0.823. The van der Waals surface area contributed by atoms with Crippen LogP contribution in [0.25, 0.3) is 5.69 Å². The zero-order valence-electron chi connectivity index (χ0n) is 10.4. The van der Waals surface area contributed by atoms with E-state index in [0.29, 0.717) is 24.5 Å². The summed E-state index contributed by atoms with van der Waals surface area (Å²) in [5.41, 5.74) is 2.63. The summed E-state index contributed by atoms with van der Waals surface area (Å²) in [4.78, 5) is 12.4. The van der Waals surface area contributed by atoms with Gasteiger partial charge in [-0.05, 0) is 40.0 Å². The molecule has 0 unspecified atom stereocenters. The highest BCUT2D eigenvalue weighted by molar-refractivity contribution is 9.10. The molecule has 5 nitrogen and oxygen atoms in total. The lowest BCUT2D eigenvalue weighted by atomic mass is 10.1. The van der Waals surface area contributed by atoms with Crippen molar-refractivity contribution in [1.29, 1.82) is 0 Å². The van der Waals surface area contributed by atoms with E-state index < -0.39 is 6.09 Å². The van der Waals surface area contributed by atoms with Crippen molar-refractivity contribution in [2.45, 2.75) is 13.0 Å². The molecular formula is C13H11BrClN3O2. The van der Waals surface area contributed by atoms with Crippen molar-refractivity contribution in [2.75, 3.05) is 6.54 Å². The van der Waals surface area contributed by atoms with Crippen molar-refractivity contribution in [3.63, 3.8) is 0 Å². The number of fused-ring (bicyclic) bond motifs is 1. The molecule has 1 aliphatic rings. The molecule has 104 valence electrons. The van der Waals surface area contributed by atoms with Gasteiger partial charge in [0.25, 0.3) is 0 Å². The third-order valence-electron chi connectivity index (χ3n) is 3.32. The van der Waals surface area contributed by atoms with Gasteiger partial charge in [0.05, 0.1) is 22.9 Å². The first-order chi connectivity index (χ1) is 9.56. The van der Waals surface area contributed by atoms with Gasteiger partial charge in [0.15, 0.2) is 0 Å². The first-order valence-electron chi connectivity index (χ1n) is 6.06. The summed E-state index contributed by atoms with van der Waals surface area (Å²) >= 11 is 9.64. The van der Waals surface area contributed by atoms with Crippen LogP contribution in [-0.2, 0) is 13.0 Å². The van der Waals surface area contributed by atoms with E-state index in [1.165, 1.54) is 4.90 Å². The molecule has 0 saturated carbocycles. The topological polar surface area (TPSA) is 58.4 Å². The quantitative estimate of drug-likeness (QED) is 0.852. The van der Waals surface area contributed by atoms with E-state index >= 15 is 0 Å². The van der Waals surface area contributed by atoms with Gasteiger partial charge < -0.3 is 10.0 Å². The zero-order chi connectivity index (χ0) is 14.3. The van der Waals surface area contributed by atoms with Gasteiger partial charge >= 0.3 is 6.09 Å². The van der Waals surface area contributed by atoms with E-state index in [-0.39, 0.29) is 0 Å². The van der Waals surface area contributed by atoms with Crippen LogP contribution in [0.4, 0.5) is 4.79 Å². The minimum absolute atomic E-state index is 0.323. The minimum Gasteiger partial charge on any atom is -0.465 e. The molecule has 0 radical (unpaired) electrons. The molecule has 0 spiro atoms. The third-order valence-corrected chi connectivity index (χ3v) is 4.60. The lowest BCUT2D eigenvalue weighted by Gasteiger charge is -2.22. The first-order valence-corrected chi connectivity index (χ1v) is 7.23. The SMILES string of the molecule is O=C(O)N1CCc2cn(-c3cccc(Br)c3Cl)nc2C1. The van der Waals surface area contributed by atoms with E-state index in [4.69, 9.17) is 16.7 Å². The van der Waals surface area contributed by atoms with Crippen LogP contribution in [0.5, 0.6) is 0 Å². The molecule has 1 amide bonds. The Kier molecular flexibility index (Phi) is 3.43. The van der Waals surface area contributed by atoms with Gasteiger partial charge in [-0.3, -0.25) is 0 Å². The number of amides is 1. The van der Waals surface area contributed by atoms with Crippen LogP contribution in [-0.4, -0.2) is 32.4 Å². The van der Waals surface area contributed by atoms with Crippen molar-refractivity contribution >= 4 is 33.6 Å². The highest BCUT2D eigenvalue weighted by Gasteiger charge is 2.23. The van der Waals surface area contributed by atoms with Crippen molar-refractivity contribution < 1.29 is 9.90 Å². The fourth-order valence-corrected chi connectivity index (χ4v) is 2.83. The predicted octanol–water partition coefficient (Wildman–Crippen LogP) is 3.32. The molecule has 7 heteroatoms. The fourth-order valence-electron chi connectivity index (χ4n) is 2.26. The van der Waals surface area contributed by atoms with Crippen LogP contribution in [0.1, 0.15) is 11.3 Å². The number of carbonyl (C=O) groups is 1. The van der Waals surface area contributed by atoms with Gasteiger partial charge in [0.2, 0.25) is 0 Å². The lowest BCUT2D eigenvalue weighted by molar-refractivity contribution is 0.139. The second-order valence-corrected chi connectivity index (χ2v) is 5.80. The van der Waals surface area contributed by atoms with E-state index in [9.17, 15) is 4.79 Å². The van der Waals surface area contributed by atoms with Gasteiger partial charge in [0.1, 0.15) is 0 Å². The van der Waals surface area contributed by atoms with Crippen LogP contribution in [0.15, 0.2) is 28.9 Å². The second-order valence-electron chi connectivity index (χ2n) is 4.57. The van der Waals surface area contributed by atoms with Gasteiger partial charge in [0, 0.05) is 17.2 Å². The molecule has 1 N–H and O–H groups in total. The smallest absolute Gasteiger partial charge is 0.407 e. The Morgan fingerprint density at radius 1 is 1.45 bits per heavy atom. The molecule has 1 aromatic carbocycles. The van der Waals surface area contributed by atoms with Crippen molar-refractivity contribution in [3.8, 4) is 5.69 Å². The van der Waals surface area contributed by atoms with Crippen molar-refractivity contribution in [1.82, 2.24) is 14.7 Å². The molecule has 3 rings (SSSR count). The van der Waals surface area contributed by atoms with E-state index in [0.717, 1.165) is 21.4 Å². The van der Waals surface area contributed by atoms with Crippen LogP contribution >= 0.6 is 27.5 Å². The highest BCUT2D eigenvalue weighted by atomic mass is 79.9. The van der Waals surface area contributed by atoms with Gasteiger partial charge in [-0.15, -0.1) is 0 Å². The number of hydrogen-bond acceptors (Lipinski definition) is 2. The maximum atomic E-state index is 11.0. The largest absolute Gasteiger partial charge is 0.465 e. The van der Waals surface area contributed by atoms with E-state index in [2.05, 4.69) is 21.0 Å². The van der Waals surface area contributed by atoms with Gasteiger partial charge in [-0.2, -0.15) is 5.10 Å². The molecule has 1 aliphatic heterocycles. The van der Waals surface area contributed by atoms with E-state index in [1.807, 2.05) is 24.4 Å². The normalized spacial score (nSPS) is 14.2. The number of carboxylic acid groups (broad SMARTS) is 1. The van der Waals surface area contributed by atoms with Gasteiger partial charge in [-0.25, -0.2) is 9.48 Å². The van der Waals surface area contributed by atoms with Crippen LogP contribution < -0.4 is 0 Å². The minimum atomic E-state index is -0.911. The Balaban J connectivity index is 1.98. The summed E-state index contributed by atoms with van der Waals surface area (Å²) in [5.74, 6) is 0. The Morgan fingerprint density at radius 3 is 3.00 bits per heavy atom. The summed E-state index contributed by atoms with van der Waals surface area (Å²) < 4.78 is 2.51. The molecule has 0 fully saturated rings. The lowest BCUT2D eigenvalue weighted by Crippen LogP contribution is -2.34. The maximum Gasteiger partial charge on any atom is 0.407 e. The monoisotopic (exact) mass is 355 g/mol. The maximum absolute atomic E-state index is 11.0. The fraction of sp³-hybridized carbons (Fsp3) is 0.231. The molecule has 20 heavy (non-hydrogen) atoms. The average molecular weight is 357 g/mol. The summed E-state index contributed by atoms with van der Waals surface area (Å²) in [5, 5.41) is 14.1. The Labute approximate surface area is 128 Å². The predicted molar refractivity (Wildman–Crippen MR) is 78.4 cm³/mol. The summed E-state index contributed by atoms with van der Waals surface area (Å²) in [6, 6.07) is 5.62. The number of hydrogen-bond donors (Lipinski definition) is 1. The number of halogens is 2. The molecule has 0 bridgehead atoms. The average Bonchev–Trinajstić information content (AvgIpc) is 2.84. The van der Waals surface area contributed by atoms with E-state index in [1.54, 1.807) is 4.68 Å². The number of nitrogens with zero attached hydrogens (tertiary/aromatic N) is 3. The zero-order valence-corrected chi connectivity index (χ0v) is 12.7. The Hall–Kier alpha value is -1.53. The molecular weight excluding hydrogens is 346 g/mol. The molecule has 2 heterocycles. The number of benzene rings is 1. The number of rotatable bonds is 1. The van der Waals surface area contributed by atoms with Crippen molar-refractivity contribution in [3.05, 3.63) is 45.1 Å². The molecule has 2 aromatic rings. The second kappa shape index (κ2) is 5.10. The van der Waals surface area contributed by atoms with Crippen molar-refractivity contribution in [2.24, 2.45) is 0 Å². The Morgan fingerprint density at radius 2 is 2.25 bits per heavy atom. The third kappa shape index (κ3) is 2.29. The van der Waals surface area contributed by atoms with Crippen LogP contribution in [0.2, 0.25) is 5.02 Å². The van der Waals surface area contributed by atoms with Crippen LogP contribution in [0, 0.1) is 0 Å². The first kappa shape index (κ1) is 13.5. The standard InChI is InChI=1S/C13H11BrClN3O2/c14-9-2-1-3-11(12(9)15)18-6-8-4-5-17(13(19)20)7-10(8)16-18/h1-3,6H,4-5,7H2,(H,19,20). The molecule has 0 atom stereocenters. The molecule has 0 aliphatic carbocycles. The Bertz CT molecular complexity index is 686. The molecule has 1 aromatic heterocycles. The summed E-state index contributed by atoms with van der Waals surface area (Å²) in [6.07, 6.45) is 1.68.